The van der Waals surface area contributed by atoms with E-state index in [0.29, 0.717) is 6.54 Å². The summed E-state index contributed by atoms with van der Waals surface area (Å²) in [4.78, 5) is 15.0. The summed E-state index contributed by atoms with van der Waals surface area (Å²) in [6.45, 7) is 4.11. The first-order chi connectivity index (χ1) is 6.83. The highest BCUT2D eigenvalue weighted by atomic mass is 16.2. The minimum absolute atomic E-state index is 0.105. The molecule has 0 aliphatic rings. The number of nitrogens with zero attached hydrogens (tertiary/aromatic N) is 2. The maximum absolute atomic E-state index is 11.1. The van der Waals surface area contributed by atoms with Crippen molar-refractivity contribution in [2.45, 2.75) is 19.9 Å². The molecule has 0 unspecified atom stereocenters. The molecule has 2 N–H and O–H groups in total. The number of urea groups is 1. The molecule has 0 bridgehead atoms. The predicted molar refractivity (Wildman–Crippen MR) is 53.9 cm³/mol. The third kappa shape index (κ3) is 3.93. The minimum Gasteiger partial charge on any atom is -0.338 e. The van der Waals surface area contributed by atoms with Crippen molar-refractivity contribution < 1.29 is 4.79 Å². The van der Waals surface area contributed by atoms with Crippen molar-refractivity contribution in [1.29, 1.82) is 0 Å². The van der Waals surface area contributed by atoms with Crippen LogP contribution in [0, 0.1) is 0 Å². The van der Waals surface area contributed by atoms with E-state index in [9.17, 15) is 4.79 Å². The molecule has 0 fully saturated rings. The van der Waals surface area contributed by atoms with Crippen LogP contribution in [0.15, 0.2) is 18.7 Å². The van der Waals surface area contributed by atoms with Crippen LogP contribution in [-0.2, 0) is 6.54 Å². The molecule has 0 aliphatic carbocycles. The number of rotatable bonds is 5. The summed E-state index contributed by atoms with van der Waals surface area (Å²) in [7, 11) is 0. The molecular formula is C9H16N4O. The van der Waals surface area contributed by atoms with Gasteiger partial charge in [0.25, 0.3) is 0 Å². The van der Waals surface area contributed by atoms with Gasteiger partial charge in [-0.25, -0.2) is 9.78 Å². The van der Waals surface area contributed by atoms with Gasteiger partial charge in [0, 0.05) is 32.0 Å². The lowest BCUT2D eigenvalue weighted by atomic mass is 10.5. The van der Waals surface area contributed by atoms with Crippen LogP contribution in [0.4, 0.5) is 4.79 Å². The number of amides is 2. The van der Waals surface area contributed by atoms with Gasteiger partial charge in [-0.2, -0.15) is 0 Å². The number of carbonyl (C=O) groups is 1. The van der Waals surface area contributed by atoms with Gasteiger partial charge >= 0.3 is 6.03 Å². The van der Waals surface area contributed by atoms with Gasteiger partial charge in [-0.15, -0.1) is 0 Å². The number of imidazole rings is 1. The number of aromatic nitrogens is 2. The van der Waals surface area contributed by atoms with Crippen LogP contribution in [0.25, 0.3) is 0 Å². The molecule has 0 radical (unpaired) electrons. The van der Waals surface area contributed by atoms with Crippen molar-refractivity contribution in [3.8, 4) is 0 Å². The Morgan fingerprint density at radius 2 is 2.21 bits per heavy atom. The van der Waals surface area contributed by atoms with Crippen LogP contribution in [-0.4, -0.2) is 28.7 Å². The van der Waals surface area contributed by atoms with Crippen molar-refractivity contribution in [2.24, 2.45) is 0 Å². The zero-order valence-electron chi connectivity index (χ0n) is 8.36. The van der Waals surface area contributed by atoms with Gasteiger partial charge in [0.15, 0.2) is 0 Å². The van der Waals surface area contributed by atoms with Crippen LogP contribution >= 0.6 is 0 Å². The van der Waals surface area contributed by atoms with Gasteiger partial charge < -0.3 is 15.2 Å². The average molecular weight is 196 g/mol. The van der Waals surface area contributed by atoms with Gasteiger partial charge in [-0.3, -0.25) is 0 Å². The zero-order chi connectivity index (χ0) is 10.2. The van der Waals surface area contributed by atoms with Crippen molar-refractivity contribution >= 4 is 6.03 Å². The second-order valence-corrected chi connectivity index (χ2v) is 2.98. The summed E-state index contributed by atoms with van der Waals surface area (Å²) in [5.41, 5.74) is 0. The summed E-state index contributed by atoms with van der Waals surface area (Å²) < 4.78 is 1.92. The Morgan fingerprint density at radius 3 is 2.86 bits per heavy atom. The van der Waals surface area contributed by atoms with Gasteiger partial charge in [0.1, 0.15) is 0 Å². The summed E-state index contributed by atoms with van der Waals surface area (Å²) in [6, 6.07) is -0.105. The fourth-order valence-electron chi connectivity index (χ4n) is 1.02. The maximum atomic E-state index is 11.1. The van der Waals surface area contributed by atoms with Gasteiger partial charge in [-0.1, -0.05) is 6.92 Å². The Kier molecular flexibility index (Phi) is 4.54. The first-order valence-electron chi connectivity index (χ1n) is 4.80. The maximum Gasteiger partial charge on any atom is 0.314 e. The van der Waals surface area contributed by atoms with E-state index >= 15 is 0 Å². The smallest absolute Gasteiger partial charge is 0.314 e. The number of hydrogen-bond donors (Lipinski definition) is 2. The Hall–Kier alpha value is -1.52. The largest absolute Gasteiger partial charge is 0.338 e. The molecule has 0 aliphatic heterocycles. The normalized spacial score (nSPS) is 9.79. The molecule has 14 heavy (non-hydrogen) atoms. The van der Waals surface area contributed by atoms with Crippen molar-refractivity contribution in [2.75, 3.05) is 13.1 Å². The quantitative estimate of drug-likeness (QED) is 0.724. The van der Waals surface area contributed by atoms with E-state index in [-0.39, 0.29) is 6.03 Å². The van der Waals surface area contributed by atoms with E-state index < -0.39 is 0 Å². The first-order valence-corrected chi connectivity index (χ1v) is 4.80. The summed E-state index contributed by atoms with van der Waals surface area (Å²) >= 11 is 0. The zero-order valence-corrected chi connectivity index (χ0v) is 8.36. The summed E-state index contributed by atoms with van der Waals surface area (Å²) in [6.07, 6.45) is 6.27. The average Bonchev–Trinajstić information content (AvgIpc) is 2.67. The molecule has 0 atom stereocenters. The number of nitrogens with one attached hydrogen (secondary N) is 2. The lowest BCUT2D eigenvalue weighted by molar-refractivity contribution is 0.240. The standard InChI is InChI=1S/C9H16N4O/c1-2-3-11-9(14)12-5-7-13-6-4-10-8-13/h4,6,8H,2-3,5,7H2,1H3,(H2,11,12,14). The SMILES string of the molecule is CCCNC(=O)NCCn1ccnc1. The fraction of sp³-hybridized carbons (Fsp3) is 0.556. The topological polar surface area (TPSA) is 59.0 Å². The van der Waals surface area contributed by atoms with E-state index in [1.54, 1.807) is 12.5 Å². The Morgan fingerprint density at radius 1 is 1.43 bits per heavy atom. The van der Waals surface area contributed by atoms with Crippen LogP contribution in [0.1, 0.15) is 13.3 Å². The fourth-order valence-corrected chi connectivity index (χ4v) is 1.02. The monoisotopic (exact) mass is 196 g/mol. The van der Waals surface area contributed by atoms with E-state index in [4.69, 9.17) is 0 Å². The highest BCUT2D eigenvalue weighted by Gasteiger charge is 1.96. The highest BCUT2D eigenvalue weighted by molar-refractivity contribution is 5.73. The third-order valence-electron chi connectivity index (χ3n) is 1.75. The molecule has 2 amide bonds. The molecule has 78 valence electrons. The van der Waals surface area contributed by atoms with E-state index in [2.05, 4.69) is 15.6 Å². The molecule has 1 rings (SSSR count). The van der Waals surface area contributed by atoms with Crippen LogP contribution < -0.4 is 10.6 Å². The molecule has 1 aromatic heterocycles. The Bertz CT molecular complexity index is 258. The predicted octanol–water partition coefficient (Wildman–Crippen LogP) is 0.592. The first kappa shape index (κ1) is 10.6. The molecule has 0 spiro atoms. The van der Waals surface area contributed by atoms with Crippen LogP contribution in [0.5, 0.6) is 0 Å². The molecule has 0 saturated carbocycles. The third-order valence-corrected chi connectivity index (χ3v) is 1.75. The second kappa shape index (κ2) is 6.01. The molecule has 0 saturated heterocycles. The van der Waals surface area contributed by atoms with Crippen molar-refractivity contribution in [1.82, 2.24) is 20.2 Å². The Balaban J connectivity index is 2.06. The lowest BCUT2D eigenvalue weighted by Gasteiger charge is -2.06. The number of hydrogen-bond acceptors (Lipinski definition) is 2. The highest BCUT2D eigenvalue weighted by Crippen LogP contribution is 1.83. The van der Waals surface area contributed by atoms with Gasteiger partial charge in [-0.05, 0) is 6.42 Å². The number of carbonyl (C=O) groups excluding carboxylic acids is 1. The summed E-state index contributed by atoms with van der Waals surface area (Å²) in [5, 5.41) is 5.49. The second-order valence-electron chi connectivity index (χ2n) is 2.98. The van der Waals surface area contributed by atoms with Crippen LogP contribution in [0.2, 0.25) is 0 Å². The van der Waals surface area contributed by atoms with Crippen LogP contribution in [0.3, 0.4) is 0 Å². The van der Waals surface area contributed by atoms with E-state index in [1.807, 2.05) is 17.7 Å². The molecule has 5 nitrogen and oxygen atoms in total. The van der Waals surface area contributed by atoms with Gasteiger partial charge in [0.2, 0.25) is 0 Å². The minimum atomic E-state index is -0.105. The molecule has 0 aromatic carbocycles. The van der Waals surface area contributed by atoms with Gasteiger partial charge in [0.05, 0.1) is 6.33 Å². The van der Waals surface area contributed by atoms with Crippen molar-refractivity contribution in [3.63, 3.8) is 0 Å². The lowest BCUT2D eigenvalue weighted by Crippen LogP contribution is -2.37. The molecular weight excluding hydrogens is 180 g/mol. The Labute approximate surface area is 83.5 Å². The molecule has 1 aromatic rings. The summed E-state index contributed by atoms with van der Waals surface area (Å²) in [5.74, 6) is 0. The van der Waals surface area contributed by atoms with E-state index in [1.165, 1.54) is 0 Å². The molecule has 1 heterocycles. The van der Waals surface area contributed by atoms with E-state index in [0.717, 1.165) is 19.5 Å². The molecule has 5 heteroatoms. The van der Waals surface area contributed by atoms with Crippen molar-refractivity contribution in [3.05, 3.63) is 18.7 Å².